The van der Waals surface area contributed by atoms with Crippen LogP contribution in [0.2, 0.25) is 0 Å². The molecule has 0 fully saturated rings. The Kier molecular flexibility index (Phi) is 4.93. The molecule has 0 amide bonds. The summed E-state index contributed by atoms with van der Waals surface area (Å²) >= 11 is 3.34. The fourth-order valence-corrected chi connectivity index (χ4v) is 1.56. The maximum absolute atomic E-state index is 8.96. The molecule has 0 aliphatic heterocycles. The number of benzene rings is 1. The second kappa shape index (κ2) is 6.01. The van der Waals surface area contributed by atoms with Gasteiger partial charge in [0.25, 0.3) is 0 Å². The highest BCUT2D eigenvalue weighted by atomic mass is 79.9. The fourth-order valence-electron chi connectivity index (χ4n) is 1.04. The van der Waals surface area contributed by atoms with Crippen molar-refractivity contribution in [2.24, 2.45) is 0 Å². The van der Waals surface area contributed by atoms with E-state index in [0.717, 1.165) is 15.8 Å². The summed E-state index contributed by atoms with van der Waals surface area (Å²) < 4.78 is 11.2. The van der Waals surface area contributed by atoms with Crippen molar-refractivity contribution in [1.82, 2.24) is 0 Å². The Morgan fingerprint density at radius 3 is 2.71 bits per heavy atom. The van der Waals surface area contributed by atoms with E-state index in [1.54, 1.807) is 13.2 Å². The van der Waals surface area contributed by atoms with E-state index in [0.29, 0.717) is 13.2 Å². The summed E-state index contributed by atoms with van der Waals surface area (Å²) in [6.07, 6.45) is 0. The average molecular weight is 261 g/mol. The van der Waals surface area contributed by atoms with E-state index in [-0.39, 0.29) is 6.61 Å². The number of rotatable bonds is 5. The summed E-state index contributed by atoms with van der Waals surface area (Å²) in [5.41, 5.74) is 0.826. The topological polar surface area (TPSA) is 38.7 Å². The molecule has 78 valence electrons. The lowest BCUT2D eigenvalue weighted by Crippen LogP contribution is -2.04. The molecule has 0 saturated heterocycles. The van der Waals surface area contributed by atoms with Crippen LogP contribution in [0.15, 0.2) is 22.7 Å². The zero-order chi connectivity index (χ0) is 10.4. The predicted octanol–water partition coefficient (Wildman–Crippen LogP) is 1.97. The lowest BCUT2D eigenvalue weighted by Gasteiger charge is -2.07. The van der Waals surface area contributed by atoms with Crippen LogP contribution in [0.25, 0.3) is 0 Å². The lowest BCUT2D eigenvalue weighted by atomic mass is 10.2. The summed E-state index contributed by atoms with van der Waals surface area (Å²) in [5.74, 6) is 0.737. The number of hydrogen-bond donors (Lipinski definition) is 1. The number of halogens is 1. The largest absolute Gasteiger partial charge is 0.491 e. The van der Waals surface area contributed by atoms with Gasteiger partial charge in [0, 0.05) is 11.6 Å². The van der Waals surface area contributed by atoms with Gasteiger partial charge >= 0.3 is 0 Å². The quantitative estimate of drug-likeness (QED) is 0.823. The summed E-state index contributed by atoms with van der Waals surface area (Å²) in [4.78, 5) is 0. The highest BCUT2D eigenvalue weighted by Crippen LogP contribution is 2.21. The molecule has 0 atom stereocenters. The minimum absolute atomic E-state index is 0.0140. The Balaban J connectivity index is 2.62. The van der Waals surface area contributed by atoms with Crippen LogP contribution in [0.5, 0.6) is 5.75 Å². The van der Waals surface area contributed by atoms with Crippen LogP contribution >= 0.6 is 15.9 Å². The van der Waals surface area contributed by atoms with E-state index < -0.39 is 0 Å². The van der Waals surface area contributed by atoms with Crippen molar-refractivity contribution < 1.29 is 14.6 Å². The molecule has 1 rings (SSSR count). The van der Waals surface area contributed by atoms with E-state index in [1.165, 1.54) is 0 Å². The molecular weight excluding hydrogens is 248 g/mol. The maximum Gasteiger partial charge on any atom is 0.120 e. The first-order chi connectivity index (χ1) is 6.76. The number of aliphatic hydroxyl groups excluding tert-OH is 1. The van der Waals surface area contributed by atoms with Crippen LogP contribution in [0.4, 0.5) is 0 Å². The maximum atomic E-state index is 8.96. The van der Waals surface area contributed by atoms with Gasteiger partial charge < -0.3 is 14.6 Å². The van der Waals surface area contributed by atoms with Crippen LogP contribution in [-0.2, 0) is 11.3 Å². The van der Waals surface area contributed by atoms with Crippen molar-refractivity contribution in [1.29, 1.82) is 0 Å². The minimum Gasteiger partial charge on any atom is -0.491 e. The van der Waals surface area contributed by atoms with Crippen LogP contribution in [0, 0.1) is 0 Å². The molecule has 0 aromatic heterocycles. The smallest absolute Gasteiger partial charge is 0.120 e. The summed E-state index contributed by atoms with van der Waals surface area (Å²) in [5, 5.41) is 8.96. The molecule has 3 nitrogen and oxygen atoms in total. The molecule has 0 aliphatic rings. The molecule has 0 heterocycles. The molecule has 0 aliphatic carbocycles. The Bertz CT molecular complexity index is 289. The van der Waals surface area contributed by atoms with Crippen LogP contribution < -0.4 is 4.74 Å². The van der Waals surface area contributed by atoms with Crippen molar-refractivity contribution in [2.75, 3.05) is 20.3 Å². The SMILES string of the molecule is COCCOc1cc(Br)cc(CO)c1. The number of ether oxygens (including phenoxy) is 2. The van der Waals surface area contributed by atoms with Crippen LogP contribution in [-0.4, -0.2) is 25.4 Å². The van der Waals surface area contributed by atoms with Gasteiger partial charge in [0.15, 0.2) is 0 Å². The van der Waals surface area contributed by atoms with Crippen LogP contribution in [0.1, 0.15) is 5.56 Å². The van der Waals surface area contributed by atoms with Gasteiger partial charge in [-0.1, -0.05) is 15.9 Å². The van der Waals surface area contributed by atoms with E-state index >= 15 is 0 Å². The number of hydrogen-bond acceptors (Lipinski definition) is 3. The van der Waals surface area contributed by atoms with Gasteiger partial charge in [0.05, 0.1) is 13.2 Å². The van der Waals surface area contributed by atoms with E-state index in [1.807, 2.05) is 12.1 Å². The molecule has 0 spiro atoms. The Morgan fingerprint density at radius 2 is 2.07 bits per heavy atom. The third-order valence-corrected chi connectivity index (χ3v) is 2.13. The first kappa shape index (κ1) is 11.5. The summed E-state index contributed by atoms with van der Waals surface area (Å²) in [7, 11) is 1.63. The molecule has 0 saturated carbocycles. The standard InChI is InChI=1S/C10H13BrO3/c1-13-2-3-14-10-5-8(7-12)4-9(11)6-10/h4-6,12H,2-3,7H2,1H3. The molecule has 14 heavy (non-hydrogen) atoms. The van der Waals surface area contributed by atoms with Gasteiger partial charge in [-0.05, 0) is 23.8 Å². The minimum atomic E-state index is 0.0140. The Morgan fingerprint density at radius 1 is 1.29 bits per heavy atom. The average Bonchev–Trinajstić information content (AvgIpc) is 2.17. The fraction of sp³-hybridized carbons (Fsp3) is 0.400. The van der Waals surface area contributed by atoms with E-state index in [4.69, 9.17) is 14.6 Å². The molecule has 1 N–H and O–H groups in total. The summed E-state index contributed by atoms with van der Waals surface area (Å²) in [6.45, 7) is 1.08. The summed E-state index contributed by atoms with van der Waals surface area (Å²) in [6, 6.07) is 5.51. The van der Waals surface area contributed by atoms with Gasteiger partial charge in [-0.3, -0.25) is 0 Å². The highest BCUT2D eigenvalue weighted by molar-refractivity contribution is 9.10. The molecule has 0 bridgehead atoms. The van der Waals surface area contributed by atoms with Gasteiger partial charge in [0.2, 0.25) is 0 Å². The van der Waals surface area contributed by atoms with Gasteiger partial charge in [-0.2, -0.15) is 0 Å². The molecule has 0 radical (unpaired) electrons. The Labute approximate surface area is 91.8 Å². The lowest BCUT2D eigenvalue weighted by molar-refractivity contribution is 0.146. The first-order valence-electron chi connectivity index (χ1n) is 4.28. The first-order valence-corrected chi connectivity index (χ1v) is 5.07. The zero-order valence-electron chi connectivity index (χ0n) is 8.00. The van der Waals surface area contributed by atoms with Crippen molar-refractivity contribution in [3.8, 4) is 5.75 Å². The van der Waals surface area contributed by atoms with Gasteiger partial charge in [-0.25, -0.2) is 0 Å². The third kappa shape index (κ3) is 3.65. The number of aliphatic hydroxyl groups is 1. The molecular formula is C10H13BrO3. The van der Waals surface area contributed by atoms with E-state index in [9.17, 15) is 0 Å². The van der Waals surface area contributed by atoms with Gasteiger partial charge in [0.1, 0.15) is 12.4 Å². The molecule has 1 aromatic rings. The second-order valence-corrected chi connectivity index (χ2v) is 3.71. The molecule has 0 unspecified atom stereocenters. The monoisotopic (exact) mass is 260 g/mol. The molecule has 1 aromatic carbocycles. The van der Waals surface area contributed by atoms with Crippen molar-refractivity contribution in [3.63, 3.8) is 0 Å². The normalized spacial score (nSPS) is 10.2. The van der Waals surface area contributed by atoms with Gasteiger partial charge in [-0.15, -0.1) is 0 Å². The van der Waals surface area contributed by atoms with Crippen molar-refractivity contribution in [2.45, 2.75) is 6.61 Å². The number of methoxy groups -OCH3 is 1. The third-order valence-electron chi connectivity index (χ3n) is 1.67. The van der Waals surface area contributed by atoms with Crippen LogP contribution in [0.3, 0.4) is 0 Å². The molecule has 4 heteroatoms. The second-order valence-electron chi connectivity index (χ2n) is 2.79. The predicted molar refractivity (Wildman–Crippen MR) is 57.4 cm³/mol. The zero-order valence-corrected chi connectivity index (χ0v) is 9.58. The Hall–Kier alpha value is -0.580. The van der Waals surface area contributed by atoms with Crippen molar-refractivity contribution in [3.05, 3.63) is 28.2 Å². The highest BCUT2D eigenvalue weighted by Gasteiger charge is 1.99. The van der Waals surface area contributed by atoms with E-state index in [2.05, 4.69) is 15.9 Å². The van der Waals surface area contributed by atoms with Crippen molar-refractivity contribution >= 4 is 15.9 Å².